The molecule has 0 spiro atoms. The Morgan fingerprint density at radius 1 is 1.00 bits per heavy atom. The minimum atomic E-state index is -0.230. The number of phenols is 1. The van der Waals surface area contributed by atoms with Crippen LogP contribution in [0.2, 0.25) is 0 Å². The molecule has 0 aromatic heterocycles. The van der Waals surface area contributed by atoms with E-state index in [-0.39, 0.29) is 11.7 Å². The quantitative estimate of drug-likeness (QED) is 0.799. The SMILES string of the molecule is CC.Cc1ccc(C(=O)Nc2ccccc2O)cc1. The van der Waals surface area contributed by atoms with Crippen molar-refractivity contribution in [2.45, 2.75) is 20.8 Å². The molecule has 0 atom stereocenters. The summed E-state index contributed by atoms with van der Waals surface area (Å²) in [6.45, 7) is 5.96. The number of carbonyl (C=O) groups is 1. The van der Waals surface area contributed by atoms with Crippen molar-refractivity contribution in [3.05, 3.63) is 59.7 Å². The molecule has 2 N–H and O–H groups in total. The van der Waals surface area contributed by atoms with Crippen molar-refractivity contribution in [2.75, 3.05) is 5.32 Å². The number of benzene rings is 2. The van der Waals surface area contributed by atoms with Crippen LogP contribution < -0.4 is 5.32 Å². The van der Waals surface area contributed by atoms with Gasteiger partial charge in [0.15, 0.2) is 0 Å². The van der Waals surface area contributed by atoms with Gasteiger partial charge < -0.3 is 10.4 Å². The van der Waals surface area contributed by atoms with Crippen LogP contribution >= 0.6 is 0 Å². The number of nitrogens with one attached hydrogen (secondary N) is 1. The first-order chi connectivity index (χ1) is 9.16. The third-order valence-electron chi connectivity index (χ3n) is 2.47. The molecule has 0 aliphatic rings. The van der Waals surface area contributed by atoms with Crippen LogP contribution in [-0.4, -0.2) is 11.0 Å². The van der Waals surface area contributed by atoms with E-state index < -0.39 is 0 Å². The summed E-state index contributed by atoms with van der Waals surface area (Å²) >= 11 is 0. The van der Waals surface area contributed by atoms with Crippen molar-refractivity contribution < 1.29 is 9.90 Å². The number of aromatic hydroxyl groups is 1. The Hall–Kier alpha value is -2.29. The second kappa shape index (κ2) is 7.21. The molecule has 100 valence electrons. The van der Waals surface area contributed by atoms with Crippen molar-refractivity contribution in [2.24, 2.45) is 0 Å². The van der Waals surface area contributed by atoms with Gasteiger partial charge in [-0.15, -0.1) is 0 Å². The number of amides is 1. The molecule has 3 heteroatoms. The number of phenolic OH excluding ortho intramolecular Hbond substituents is 1. The lowest BCUT2D eigenvalue weighted by atomic mass is 10.1. The fourth-order valence-corrected chi connectivity index (χ4v) is 1.48. The molecule has 0 heterocycles. The summed E-state index contributed by atoms with van der Waals surface area (Å²) in [6.07, 6.45) is 0. The summed E-state index contributed by atoms with van der Waals surface area (Å²) in [7, 11) is 0. The van der Waals surface area contributed by atoms with E-state index in [9.17, 15) is 9.90 Å². The van der Waals surface area contributed by atoms with Crippen LogP contribution in [0.3, 0.4) is 0 Å². The van der Waals surface area contributed by atoms with Crippen molar-refractivity contribution in [1.82, 2.24) is 0 Å². The molecule has 0 saturated heterocycles. The Labute approximate surface area is 113 Å². The highest BCUT2D eigenvalue weighted by Crippen LogP contribution is 2.22. The van der Waals surface area contributed by atoms with Crippen LogP contribution in [0.4, 0.5) is 5.69 Å². The summed E-state index contributed by atoms with van der Waals surface area (Å²) in [4.78, 5) is 11.9. The Balaban J connectivity index is 0.000000861. The normalized spacial score (nSPS) is 9.21. The minimum Gasteiger partial charge on any atom is -0.506 e. The molecule has 19 heavy (non-hydrogen) atoms. The van der Waals surface area contributed by atoms with Gasteiger partial charge in [-0.2, -0.15) is 0 Å². The van der Waals surface area contributed by atoms with Gasteiger partial charge in [0.1, 0.15) is 5.75 Å². The molecule has 2 aromatic rings. The van der Waals surface area contributed by atoms with Crippen molar-refractivity contribution in [1.29, 1.82) is 0 Å². The molecule has 0 fully saturated rings. The number of hydrogen-bond acceptors (Lipinski definition) is 2. The first-order valence-corrected chi connectivity index (χ1v) is 6.33. The Bertz CT molecular complexity index is 533. The predicted octanol–water partition coefficient (Wildman–Crippen LogP) is 3.98. The maximum absolute atomic E-state index is 11.9. The molecular formula is C16H19NO2. The van der Waals surface area contributed by atoms with Gasteiger partial charge in [0.05, 0.1) is 5.69 Å². The summed E-state index contributed by atoms with van der Waals surface area (Å²) in [6, 6.07) is 13.9. The Morgan fingerprint density at radius 2 is 1.58 bits per heavy atom. The van der Waals surface area contributed by atoms with Crippen LogP contribution in [0, 0.1) is 6.92 Å². The molecule has 0 saturated carbocycles. The fraction of sp³-hybridized carbons (Fsp3) is 0.188. The van der Waals surface area contributed by atoms with Crippen LogP contribution in [0.25, 0.3) is 0 Å². The van der Waals surface area contributed by atoms with E-state index in [0.29, 0.717) is 11.3 Å². The van der Waals surface area contributed by atoms with Crippen LogP contribution in [0.5, 0.6) is 5.75 Å². The lowest BCUT2D eigenvalue weighted by molar-refractivity contribution is 0.102. The highest BCUT2D eigenvalue weighted by atomic mass is 16.3. The zero-order chi connectivity index (χ0) is 14.3. The number of anilines is 1. The van der Waals surface area contributed by atoms with Gasteiger partial charge in [-0.3, -0.25) is 4.79 Å². The molecule has 0 aliphatic carbocycles. The predicted molar refractivity (Wildman–Crippen MR) is 78.6 cm³/mol. The molecule has 0 bridgehead atoms. The molecule has 0 aliphatic heterocycles. The van der Waals surface area contributed by atoms with Gasteiger partial charge in [0.25, 0.3) is 5.91 Å². The third kappa shape index (κ3) is 4.14. The summed E-state index contributed by atoms with van der Waals surface area (Å²) in [5.41, 5.74) is 2.08. The van der Waals surface area contributed by atoms with E-state index in [1.54, 1.807) is 30.3 Å². The summed E-state index contributed by atoms with van der Waals surface area (Å²) in [5, 5.41) is 12.2. The van der Waals surface area contributed by atoms with E-state index in [1.165, 1.54) is 6.07 Å². The van der Waals surface area contributed by atoms with Gasteiger partial charge in [0.2, 0.25) is 0 Å². The average Bonchev–Trinajstić information content (AvgIpc) is 2.44. The number of carbonyl (C=O) groups excluding carboxylic acids is 1. The molecule has 0 radical (unpaired) electrons. The van der Waals surface area contributed by atoms with Gasteiger partial charge in [-0.1, -0.05) is 43.7 Å². The van der Waals surface area contributed by atoms with Gasteiger partial charge in [-0.05, 0) is 31.2 Å². The van der Waals surface area contributed by atoms with Crippen molar-refractivity contribution in [3.8, 4) is 5.75 Å². The third-order valence-corrected chi connectivity index (χ3v) is 2.47. The number of aryl methyl sites for hydroxylation is 1. The number of para-hydroxylation sites is 2. The smallest absolute Gasteiger partial charge is 0.255 e. The number of hydrogen-bond donors (Lipinski definition) is 2. The van der Waals surface area contributed by atoms with Crippen LogP contribution in [0.15, 0.2) is 48.5 Å². The zero-order valence-corrected chi connectivity index (χ0v) is 11.5. The first kappa shape index (κ1) is 14.8. The fourth-order valence-electron chi connectivity index (χ4n) is 1.48. The van der Waals surface area contributed by atoms with Crippen molar-refractivity contribution >= 4 is 11.6 Å². The number of rotatable bonds is 2. The monoisotopic (exact) mass is 257 g/mol. The van der Waals surface area contributed by atoms with E-state index in [1.807, 2.05) is 32.9 Å². The van der Waals surface area contributed by atoms with Crippen LogP contribution in [0.1, 0.15) is 29.8 Å². The highest BCUT2D eigenvalue weighted by Gasteiger charge is 2.07. The Morgan fingerprint density at radius 3 is 2.16 bits per heavy atom. The topological polar surface area (TPSA) is 49.3 Å². The zero-order valence-electron chi connectivity index (χ0n) is 11.5. The van der Waals surface area contributed by atoms with E-state index in [2.05, 4.69) is 5.32 Å². The van der Waals surface area contributed by atoms with E-state index >= 15 is 0 Å². The highest BCUT2D eigenvalue weighted by molar-refractivity contribution is 6.04. The molecule has 2 aromatic carbocycles. The first-order valence-electron chi connectivity index (χ1n) is 6.33. The second-order valence-corrected chi connectivity index (χ2v) is 3.84. The van der Waals surface area contributed by atoms with Gasteiger partial charge in [-0.25, -0.2) is 0 Å². The van der Waals surface area contributed by atoms with Crippen molar-refractivity contribution in [3.63, 3.8) is 0 Å². The summed E-state index contributed by atoms with van der Waals surface area (Å²) < 4.78 is 0. The lowest BCUT2D eigenvalue weighted by Gasteiger charge is -2.06. The largest absolute Gasteiger partial charge is 0.506 e. The maximum Gasteiger partial charge on any atom is 0.255 e. The minimum absolute atomic E-state index is 0.0629. The molecule has 1 amide bonds. The van der Waals surface area contributed by atoms with E-state index in [0.717, 1.165) is 5.56 Å². The molecule has 0 unspecified atom stereocenters. The molecular weight excluding hydrogens is 238 g/mol. The Kier molecular flexibility index (Phi) is 5.61. The van der Waals surface area contributed by atoms with Gasteiger partial charge in [0, 0.05) is 5.56 Å². The van der Waals surface area contributed by atoms with Crippen LogP contribution in [-0.2, 0) is 0 Å². The summed E-state index contributed by atoms with van der Waals surface area (Å²) in [5.74, 6) is -0.167. The average molecular weight is 257 g/mol. The van der Waals surface area contributed by atoms with Gasteiger partial charge >= 0.3 is 0 Å². The van der Waals surface area contributed by atoms with E-state index in [4.69, 9.17) is 0 Å². The molecule has 2 rings (SSSR count). The lowest BCUT2D eigenvalue weighted by Crippen LogP contribution is -2.11. The molecule has 3 nitrogen and oxygen atoms in total. The second-order valence-electron chi connectivity index (χ2n) is 3.84. The maximum atomic E-state index is 11.9. The standard InChI is InChI=1S/C14H13NO2.C2H6/c1-10-6-8-11(9-7-10)14(17)15-12-4-2-3-5-13(12)16;1-2/h2-9,16H,1H3,(H,15,17);1-2H3.